The first-order valence-corrected chi connectivity index (χ1v) is 7.66. The molecule has 0 aromatic carbocycles. The van der Waals surface area contributed by atoms with Gasteiger partial charge in [0.05, 0.1) is 13.2 Å². The molecule has 2 saturated heterocycles. The van der Waals surface area contributed by atoms with Gasteiger partial charge in [-0.1, -0.05) is 13.8 Å². The lowest BCUT2D eigenvalue weighted by molar-refractivity contribution is -0.142. The Labute approximate surface area is 128 Å². The number of nitrogens with zero attached hydrogens (tertiary/aromatic N) is 3. The third-order valence-electron chi connectivity index (χ3n) is 4.01. The summed E-state index contributed by atoms with van der Waals surface area (Å²) in [6.07, 6.45) is 0.693. The largest absolute Gasteiger partial charge is 0.367 e. The predicted octanol–water partition coefficient (Wildman–Crippen LogP) is 0.107. The molecule has 3 heterocycles. The van der Waals surface area contributed by atoms with Crippen LogP contribution in [0, 0.1) is 0 Å². The topological polar surface area (TPSA) is 100 Å². The molecule has 22 heavy (non-hydrogen) atoms. The Hall–Kier alpha value is -1.96. The van der Waals surface area contributed by atoms with Crippen molar-refractivity contribution in [3.8, 4) is 0 Å². The fraction of sp³-hybridized carbons (Fsp3) is 0.714. The van der Waals surface area contributed by atoms with Crippen LogP contribution >= 0.6 is 0 Å². The van der Waals surface area contributed by atoms with Gasteiger partial charge in [0.25, 0.3) is 0 Å². The molecule has 3 rings (SSSR count). The lowest BCUT2D eigenvalue weighted by Gasteiger charge is -2.33. The lowest BCUT2D eigenvalue weighted by atomic mass is 10.1. The van der Waals surface area contributed by atoms with E-state index < -0.39 is 6.04 Å². The zero-order chi connectivity index (χ0) is 15.7. The van der Waals surface area contributed by atoms with Crippen LogP contribution in [0.3, 0.4) is 0 Å². The molecule has 8 heteroatoms. The van der Waals surface area contributed by atoms with Crippen LogP contribution in [0.2, 0.25) is 0 Å². The smallest absolute Gasteiger partial charge is 0.245 e. The molecule has 2 fully saturated rings. The summed E-state index contributed by atoms with van der Waals surface area (Å²) in [6, 6.07) is -0.396. The van der Waals surface area contributed by atoms with E-state index in [2.05, 4.69) is 20.5 Å². The molecule has 0 saturated carbocycles. The Kier molecular flexibility index (Phi) is 4.10. The Bertz CT molecular complexity index is 571. The molecule has 120 valence electrons. The van der Waals surface area contributed by atoms with Crippen LogP contribution in [-0.4, -0.2) is 57.6 Å². The van der Waals surface area contributed by atoms with Crippen LogP contribution in [0.1, 0.15) is 50.4 Å². The van der Waals surface area contributed by atoms with Crippen LogP contribution in [0.5, 0.6) is 0 Å². The van der Waals surface area contributed by atoms with Gasteiger partial charge >= 0.3 is 0 Å². The number of morpholine rings is 1. The molecule has 1 aromatic rings. The van der Waals surface area contributed by atoms with Crippen molar-refractivity contribution in [2.24, 2.45) is 0 Å². The molecule has 8 nitrogen and oxygen atoms in total. The fourth-order valence-electron chi connectivity index (χ4n) is 2.72. The van der Waals surface area contributed by atoms with Crippen LogP contribution < -0.4 is 5.32 Å². The van der Waals surface area contributed by atoms with Gasteiger partial charge in [-0.3, -0.25) is 14.7 Å². The number of carbonyl (C=O) groups is 2. The predicted molar refractivity (Wildman–Crippen MR) is 76.9 cm³/mol. The second kappa shape index (κ2) is 6.04. The van der Waals surface area contributed by atoms with Gasteiger partial charge in [-0.05, 0) is 6.42 Å². The Morgan fingerprint density at radius 3 is 2.91 bits per heavy atom. The zero-order valence-electron chi connectivity index (χ0n) is 12.8. The molecule has 1 aromatic heterocycles. The Morgan fingerprint density at radius 2 is 2.27 bits per heavy atom. The molecule has 0 radical (unpaired) electrons. The van der Waals surface area contributed by atoms with Crippen molar-refractivity contribution in [1.29, 1.82) is 0 Å². The number of carbonyl (C=O) groups excluding carboxylic acids is 2. The minimum absolute atomic E-state index is 0.0391. The van der Waals surface area contributed by atoms with Gasteiger partial charge in [0, 0.05) is 18.9 Å². The number of rotatable bonds is 3. The highest BCUT2D eigenvalue weighted by Gasteiger charge is 2.34. The maximum Gasteiger partial charge on any atom is 0.245 e. The summed E-state index contributed by atoms with van der Waals surface area (Å²) in [4.78, 5) is 29.9. The van der Waals surface area contributed by atoms with E-state index >= 15 is 0 Å². The van der Waals surface area contributed by atoms with Crippen molar-refractivity contribution in [3.05, 3.63) is 11.6 Å². The highest BCUT2D eigenvalue weighted by Crippen LogP contribution is 2.22. The van der Waals surface area contributed by atoms with E-state index in [1.54, 1.807) is 4.90 Å². The Morgan fingerprint density at radius 1 is 1.45 bits per heavy atom. The number of hydrogen-bond acceptors (Lipinski definition) is 5. The summed E-state index contributed by atoms with van der Waals surface area (Å²) in [5.41, 5.74) is 0. The van der Waals surface area contributed by atoms with Crippen LogP contribution in [-0.2, 0) is 14.3 Å². The van der Waals surface area contributed by atoms with Crippen molar-refractivity contribution in [1.82, 2.24) is 25.4 Å². The standard InChI is InChI=1S/C14H21N5O3/c1-8(2)12-16-13(18-17-12)10-7-19(5-6-22-10)14(21)9-3-4-11(20)15-9/h8-10H,3-7H2,1-2H3,(H,15,20)(H,16,17,18)/t9-,10+/m1/s1. The molecule has 0 bridgehead atoms. The number of amides is 2. The minimum atomic E-state index is -0.396. The first-order valence-electron chi connectivity index (χ1n) is 7.66. The van der Waals surface area contributed by atoms with Gasteiger partial charge in [-0.15, -0.1) is 0 Å². The molecular formula is C14H21N5O3. The summed E-state index contributed by atoms with van der Waals surface area (Å²) in [5, 5.41) is 9.79. The van der Waals surface area contributed by atoms with E-state index in [9.17, 15) is 9.59 Å². The van der Waals surface area contributed by atoms with Gasteiger partial charge in [0.2, 0.25) is 11.8 Å². The van der Waals surface area contributed by atoms with Gasteiger partial charge in [-0.2, -0.15) is 5.10 Å². The van der Waals surface area contributed by atoms with E-state index in [-0.39, 0.29) is 23.8 Å². The summed E-state index contributed by atoms with van der Waals surface area (Å²) < 4.78 is 5.71. The molecule has 0 spiro atoms. The Balaban J connectivity index is 1.65. The quantitative estimate of drug-likeness (QED) is 0.825. The van der Waals surface area contributed by atoms with E-state index in [1.165, 1.54) is 0 Å². The minimum Gasteiger partial charge on any atom is -0.367 e. The van der Waals surface area contributed by atoms with E-state index in [1.807, 2.05) is 13.8 Å². The van der Waals surface area contributed by atoms with E-state index in [0.717, 1.165) is 5.82 Å². The highest BCUT2D eigenvalue weighted by atomic mass is 16.5. The summed E-state index contributed by atoms with van der Waals surface area (Å²) >= 11 is 0. The van der Waals surface area contributed by atoms with Gasteiger partial charge in [-0.25, -0.2) is 4.98 Å². The monoisotopic (exact) mass is 307 g/mol. The second-order valence-electron chi connectivity index (χ2n) is 6.04. The molecule has 2 atom stereocenters. The summed E-state index contributed by atoms with van der Waals surface area (Å²) in [7, 11) is 0. The number of nitrogens with one attached hydrogen (secondary N) is 2. The molecular weight excluding hydrogens is 286 g/mol. The molecule has 2 amide bonds. The highest BCUT2D eigenvalue weighted by molar-refractivity contribution is 5.90. The van der Waals surface area contributed by atoms with Crippen molar-refractivity contribution in [2.75, 3.05) is 19.7 Å². The van der Waals surface area contributed by atoms with E-state index in [4.69, 9.17) is 4.74 Å². The van der Waals surface area contributed by atoms with Gasteiger partial charge in [0.15, 0.2) is 11.6 Å². The molecule has 2 aliphatic heterocycles. The number of ether oxygens (including phenoxy) is 1. The number of aromatic amines is 1. The first kappa shape index (κ1) is 15.0. The summed E-state index contributed by atoms with van der Waals surface area (Å²) in [6.45, 7) is 5.46. The first-order chi connectivity index (χ1) is 10.5. The van der Waals surface area contributed by atoms with E-state index in [0.29, 0.717) is 38.4 Å². The van der Waals surface area contributed by atoms with Crippen LogP contribution in [0.15, 0.2) is 0 Å². The average molecular weight is 307 g/mol. The molecule has 0 aliphatic carbocycles. The third-order valence-corrected chi connectivity index (χ3v) is 4.01. The number of H-pyrrole nitrogens is 1. The average Bonchev–Trinajstić information content (AvgIpc) is 3.15. The summed E-state index contributed by atoms with van der Waals surface area (Å²) in [5.74, 6) is 1.53. The zero-order valence-corrected chi connectivity index (χ0v) is 12.8. The van der Waals surface area contributed by atoms with Crippen LogP contribution in [0.4, 0.5) is 0 Å². The third kappa shape index (κ3) is 2.96. The fourth-order valence-corrected chi connectivity index (χ4v) is 2.72. The van der Waals surface area contributed by atoms with Gasteiger partial charge < -0.3 is 15.0 Å². The SMILES string of the molecule is CC(C)c1n[nH]c([C@@H]2CN(C(=O)[C@H]3CCC(=O)N3)CCO2)n1. The second-order valence-corrected chi connectivity index (χ2v) is 6.04. The molecule has 2 N–H and O–H groups in total. The number of aromatic nitrogens is 3. The van der Waals surface area contributed by atoms with Gasteiger partial charge in [0.1, 0.15) is 12.1 Å². The van der Waals surface area contributed by atoms with Crippen molar-refractivity contribution >= 4 is 11.8 Å². The lowest BCUT2D eigenvalue weighted by Crippen LogP contribution is -2.49. The van der Waals surface area contributed by atoms with Crippen molar-refractivity contribution in [3.63, 3.8) is 0 Å². The van der Waals surface area contributed by atoms with Crippen molar-refractivity contribution < 1.29 is 14.3 Å². The maximum absolute atomic E-state index is 12.4. The normalized spacial score (nSPS) is 25.6. The van der Waals surface area contributed by atoms with Crippen molar-refractivity contribution in [2.45, 2.75) is 44.8 Å². The molecule has 2 aliphatic rings. The maximum atomic E-state index is 12.4. The molecule has 0 unspecified atom stereocenters. The number of hydrogen-bond donors (Lipinski definition) is 2. The van der Waals surface area contributed by atoms with Crippen LogP contribution in [0.25, 0.3) is 0 Å².